The molecule has 7 nitrogen and oxygen atoms in total. The zero-order valence-corrected chi connectivity index (χ0v) is 19.4. The number of benzene rings is 2. The van der Waals surface area contributed by atoms with E-state index in [2.05, 4.69) is 20.5 Å². The highest BCUT2D eigenvalue weighted by Crippen LogP contribution is 2.28. The fraction of sp³-hybridized carbons (Fsp3) is 0.0833. The summed E-state index contributed by atoms with van der Waals surface area (Å²) in [7, 11) is 0. The van der Waals surface area contributed by atoms with Crippen LogP contribution in [-0.4, -0.2) is 30.3 Å². The lowest BCUT2D eigenvalue weighted by Crippen LogP contribution is -2.14. The molecular formula is C24H16Cl2F2N6O. The Balaban J connectivity index is 1.47. The summed E-state index contributed by atoms with van der Waals surface area (Å²) >= 11 is 12.5. The predicted octanol–water partition coefficient (Wildman–Crippen LogP) is 6.14. The number of fused-ring (bicyclic) bond motifs is 1. The monoisotopic (exact) mass is 512 g/mol. The van der Waals surface area contributed by atoms with Crippen LogP contribution in [-0.2, 0) is 6.54 Å². The number of rotatable bonds is 6. The molecule has 35 heavy (non-hydrogen) atoms. The Bertz CT molecular complexity index is 1530. The summed E-state index contributed by atoms with van der Waals surface area (Å²) in [6.45, 7) is 0.339. The lowest BCUT2D eigenvalue weighted by molar-refractivity contribution is 0.102. The van der Waals surface area contributed by atoms with Crippen LogP contribution in [0.15, 0.2) is 73.1 Å². The molecule has 1 N–H and O–H groups in total. The van der Waals surface area contributed by atoms with Crippen LogP contribution in [0.1, 0.15) is 28.0 Å². The molecule has 0 saturated heterocycles. The second kappa shape index (κ2) is 9.44. The van der Waals surface area contributed by atoms with Gasteiger partial charge < -0.3 is 5.32 Å². The molecule has 0 unspecified atom stereocenters. The van der Waals surface area contributed by atoms with Crippen molar-refractivity contribution in [2.75, 3.05) is 5.32 Å². The number of nitrogens with one attached hydrogen (secondary N) is 1. The second-order valence-electron chi connectivity index (χ2n) is 7.60. The SMILES string of the molecule is O=C(Nc1nn(Cc2ccccc2Cl)cc1Cl)c1cnn2c(C(F)F)cc(-c3ccccc3)nc12. The van der Waals surface area contributed by atoms with Gasteiger partial charge in [-0.05, 0) is 17.7 Å². The molecule has 0 atom stereocenters. The van der Waals surface area contributed by atoms with E-state index in [1.807, 2.05) is 24.3 Å². The zero-order valence-electron chi connectivity index (χ0n) is 17.9. The Morgan fingerprint density at radius 1 is 1.03 bits per heavy atom. The first kappa shape index (κ1) is 22.9. The molecule has 5 aromatic rings. The maximum atomic E-state index is 13.8. The standard InChI is InChI=1S/C24H16Cl2F2N6O/c25-17-9-5-4-8-15(17)12-33-13-18(26)22(32-33)31-24(35)16-11-29-34-20(21(27)28)10-19(30-23(16)34)14-6-2-1-3-7-14/h1-11,13,21H,12H2,(H,31,32,35). The van der Waals surface area contributed by atoms with Crippen LogP contribution in [0.3, 0.4) is 0 Å². The van der Waals surface area contributed by atoms with Crippen LogP contribution in [0.5, 0.6) is 0 Å². The molecule has 2 aromatic carbocycles. The molecule has 0 radical (unpaired) electrons. The molecule has 0 aliphatic carbocycles. The van der Waals surface area contributed by atoms with Gasteiger partial charge >= 0.3 is 0 Å². The lowest BCUT2D eigenvalue weighted by Gasteiger charge is -2.08. The molecular weight excluding hydrogens is 497 g/mol. The van der Waals surface area contributed by atoms with E-state index in [0.29, 0.717) is 22.8 Å². The summed E-state index contributed by atoms with van der Waals surface area (Å²) in [5.74, 6) is -0.529. The first-order valence-electron chi connectivity index (χ1n) is 10.4. The Morgan fingerprint density at radius 3 is 2.51 bits per heavy atom. The van der Waals surface area contributed by atoms with Gasteiger partial charge in [0.05, 0.1) is 18.4 Å². The molecule has 3 aromatic heterocycles. The lowest BCUT2D eigenvalue weighted by atomic mass is 10.1. The maximum Gasteiger partial charge on any atom is 0.280 e. The summed E-state index contributed by atoms with van der Waals surface area (Å²) in [5, 5.41) is 11.7. The van der Waals surface area contributed by atoms with E-state index in [-0.39, 0.29) is 27.7 Å². The van der Waals surface area contributed by atoms with Gasteiger partial charge in [-0.15, -0.1) is 0 Å². The molecule has 0 fully saturated rings. The highest BCUT2D eigenvalue weighted by molar-refractivity contribution is 6.33. The number of aromatic nitrogens is 5. The van der Waals surface area contributed by atoms with Crippen molar-refractivity contribution in [2.24, 2.45) is 0 Å². The molecule has 3 heterocycles. The number of hydrogen-bond donors (Lipinski definition) is 1. The van der Waals surface area contributed by atoms with Gasteiger partial charge in [0.1, 0.15) is 16.3 Å². The average Bonchev–Trinajstić information content (AvgIpc) is 3.43. The minimum atomic E-state index is -2.83. The predicted molar refractivity (Wildman–Crippen MR) is 129 cm³/mol. The molecule has 0 saturated carbocycles. The van der Waals surface area contributed by atoms with Crippen molar-refractivity contribution in [3.05, 3.63) is 99.9 Å². The van der Waals surface area contributed by atoms with Gasteiger partial charge in [-0.1, -0.05) is 71.7 Å². The summed E-state index contributed by atoms with van der Waals surface area (Å²) in [6.07, 6.45) is -0.0850. The quantitative estimate of drug-likeness (QED) is 0.296. The molecule has 1 amide bonds. The van der Waals surface area contributed by atoms with Crippen LogP contribution in [0.4, 0.5) is 14.6 Å². The van der Waals surface area contributed by atoms with E-state index in [0.717, 1.165) is 10.1 Å². The number of carbonyl (C=O) groups is 1. The van der Waals surface area contributed by atoms with Crippen molar-refractivity contribution >= 4 is 40.6 Å². The first-order chi connectivity index (χ1) is 16.9. The van der Waals surface area contributed by atoms with Crippen molar-refractivity contribution in [3.8, 4) is 11.3 Å². The Morgan fingerprint density at radius 2 is 1.77 bits per heavy atom. The third-order valence-electron chi connectivity index (χ3n) is 5.28. The smallest absolute Gasteiger partial charge is 0.280 e. The topological polar surface area (TPSA) is 77.1 Å². The maximum absolute atomic E-state index is 13.8. The molecule has 5 rings (SSSR count). The Hall–Kier alpha value is -3.82. The van der Waals surface area contributed by atoms with Gasteiger partial charge in [0.15, 0.2) is 11.5 Å². The number of amides is 1. The number of halogens is 4. The number of anilines is 1. The van der Waals surface area contributed by atoms with Gasteiger partial charge in [0, 0.05) is 16.8 Å². The van der Waals surface area contributed by atoms with E-state index < -0.39 is 12.3 Å². The number of carbonyl (C=O) groups excluding carboxylic acids is 1. The van der Waals surface area contributed by atoms with E-state index in [9.17, 15) is 13.6 Å². The summed E-state index contributed by atoms with van der Waals surface area (Å²) in [4.78, 5) is 17.5. The van der Waals surface area contributed by atoms with Crippen LogP contribution < -0.4 is 5.32 Å². The normalized spacial score (nSPS) is 11.3. The van der Waals surface area contributed by atoms with Gasteiger partial charge in [-0.2, -0.15) is 10.2 Å². The molecule has 176 valence electrons. The minimum Gasteiger partial charge on any atom is -0.304 e. The fourth-order valence-corrected chi connectivity index (χ4v) is 3.99. The van der Waals surface area contributed by atoms with Crippen LogP contribution >= 0.6 is 23.2 Å². The van der Waals surface area contributed by atoms with E-state index >= 15 is 0 Å². The van der Waals surface area contributed by atoms with Crippen LogP contribution in [0, 0.1) is 0 Å². The number of alkyl halides is 2. The Labute approximate surface area is 207 Å². The van der Waals surface area contributed by atoms with Crippen molar-refractivity contribution in [1.82, 2.24) is 24.4 Å². The van der Waals surface area contributed by atoms with Crippen LogP contribution in [0.25, 0.3) is 16.9 Å². The summed E-state index contributed by atoms with van der Waals surface area (Å²) < 4.78 is 30.1. The molecule has 11 heteroatoms. The highest BCUT2D eigenvalue weighted by Gasteiger charge is 2.23. The van der Waals surface area contributed by atoms with Crippen molar-refractivity contribution in [1.29, 1.82) is 0 Å². The van der Waals surface area contributed by atoms with E-state index in [1.54, 1.807) is 36.5 Å². The third kappa shape index (κ3) is 4.60. The van der Waals surface area contributed by atoms with Crippen molar-refractivity contribution in [3.63, 3.8) is 0 Å². The van der Waals surface area contributed by atoms with Gasteiger partial charge in [-0.25, -0.2) is 18.3 Å². The molecule has 0 aliphatic heterocycles. The van der Waals surface area contributed by atoms with Crippen molar-refractivity contribution in [2.45, 2.75) is 13.0 Å². The fourth-order valence-electron chi connectivity index (χ4n) is 3.60. The largest absolute Gasteiger partial charge is 0.304 e. The number of hydrogen-bond acceptors (Lipinski definition) is 4. The van der Waals surface area contributed by atoms with E-state index in [4.69, 9.17) is 23.2 Å². The Kier molecular flexibility index (Phi) is 6.19. The molecule has 0 aliphatic rings. The third-order valence-corrected chi connectivity index (χ3v) is 5.92. The first-order valence-corrected chi connectivity index (χ1v) is 11.2. The average molecular weight is 513 g/mol. The van der Waals surface area contributed by atoms with Crippen molar-refractivity contribution < 1.29 is 13.6 Å². The molecule has 0 spiro atoms. The highest BCUT2D eigenvalue weighted by atomic mass is 35.5. The van der Waals surface area contributed by atoms with Gasteiger partial charge in [-0.3, -0.25) is 9.48 Å². The summed E-state index contributed by atoms with van der Waals surface area (Å²) in [5.41, 5.74) is 1.36. The zero-order chi connectivity index (χ0) is 24.5. The van der Waals surface area contributed by atoms with Gasteiger partial charge in [0.2, 0.25) is 0 Å². The summed E-state index contributed by atoms with van der Waals surface area (Å²) in [6, 6.07) is 17.4. The van der Waals surface area contributed by atoms with E-state index in [1.165, 1.54) is 16.9 Å². The van der Waals surface area contributed by atoms with Crippen LogP contribution in [0.2, 0.25) is 10.0 Å². The minimum absolute atomic E-state index is 0.00130. The molecule has 0 bridgehead atoms. The van der Waals surface area contributed by atoms with Gasteiger partial charge in [0.25, 0.3) is 12.3 Å². The second-order valence-corrected chi connectivity index (χ2v) is 8.41. The number of nitrogens with zero attached hydrogens (tertiary/aromatic N) is 5.